The number of rotatable bonds is 6. The number of halogens is 2. The van der Waals surface area contributed by atoms with Crippen LogP contribution in [0.15, 0.2) is 42.9 Å². The van der Waals surface area contributed by atoms with Gasteiger partial charge in [0.15, 0.2) is 0 Å². The first-order chi connectivity index (χ1) is 16.9. The predicted octanol–water partition coefficient (Wildman–Crippen LogP) is 3.15. The van der Waals surface area contributed by atoms with Crippen LogP contribution in [-0.2, 0) is 4.79 Å². The van der Waals surface area contributed by atoms with Crippen LogP contribution >= 0.6 is 0 Å². The lowest BCUT2D eigenvalue weighted by molar-refractivity contribution is -0.121. The van der Waals surface area contributed by atoms with E-state index >= 15 is 0 Å². The molecule has 182 valence electrons. The fourth-order valence-electron chi connectivity index (χ4n) is 4.38. The van der Waals surface area contributed by atoms with Crippen LogP contribution in [0.3, 0.4) is 0 Å². The van der Waals surface area contributed by atoms with Gasteiger partial charge in [-0.3, -0.25) is 14.0 Å². The Hall–Kier alpha value is -3.86. The van der Waals surface area contributed by atoms with E-state index in [1.165, 1.54) is 6.20 Å². The van der Waals surface area contributed by atoms with Gasteiger partial charge >= 0.3 is 0 Å². The fraction of sp³-hybridized carbons (Fsp3) is 0.333. The van der Waals surface area contributed by atoms with E-state index in [0.29, 0.717) is 17.1 Å². The number of aromatic nitrogens is 4. The number of H-pyrrole nitrogens is 1. The maximum atomic E-state index is 12.6. The predicted molar refractivity (Wildman–Crippen MR) is 127 cm³/mol. The zero-order valence-electron chi connectivity index (χ0n) is 19.1. The quantitative estimate of drug-likeness (QED) is 0.392. The van der Waals surface area contributed by atoms with Gasteiger partial charge in [0, 0.05) is 34.8 Å². The molecule has 1 saturated heterocycles. The van der Waals surface area contributed by atoms with Crippen LogP contribution in [0, 0.1) is 5.92 Å². The molecule has 9 nitrogen and oxygen atoms in total. The van der Waals surface area contributed by atoms with Crippen LogP contribution in [0.1, 0.15) is 23.3 Å². The third kappa shape index (κ3) is 4.72. The van der Waals surface area contributed by atoms with Crippen LogP contribution < -0.4 is 10.6 Å². The highest BCUT2D eigenvalue weighted by molar-refractivity contribution is 5.97. The molecule has 0 unspecified atom stereocenters. The first-order valence-corrected chi connectivity index (χ1v) is 11.4. The lowest BCUT2D eigenvalue weighted by atomic mass is 9.96. The minimum absolute atomic E-state index is 0.0139. The van der Waals surface area contributed by atoms with E-state index in [1.54, 1.807) is 28.9 Å². The normalized spacial score (nSPS) is 15.2. The molecule has 5 heterocycles. The highest BCUT2D eigenvalue weighted by atomic mass is 19.3. The molecule has 11 heteroatoms. The van der Waals surface area contributed by atoms with Crippen molar-refractivity contribution in [2.24, 2.45) is 5.92 Å². The first-order valence-electron chi connectivity index (χ1n) is 11.4. The topological polar surface area (TPSA) is 107 Å². The standard InChI is InChI=1S/C24H25F2N7O2/c1-32-8-6-14(7-9-32)23(34)31-20-4-3-16-17(10-28-22(16)30-20)15-2-5-21-27-11-18(33(21)13-15)24(35)29-12-19(25)26/h2-5,10-11,13-14,19H,6-9,12H2,1H3,(H,29,35)(H2,28,30,31,34). The van der Waals surface area contributed by atoms with Crippen molar-refractivity contribution >= 4 is 34.3 Å². The van der Waals surface area contributed by atoms with Gasteiger partial charge in [0.05, 0.1) is 12.7 Å². The van der Waals surface area contributed by atoms with Crippen molar-refractivity contribution in [3.63, 3.8) is 0 Å². The number of anilines is 1. The van der Waals surface area contributed by atoms with Gasteiger partial charge in [0.2, 0.25) is 5.91 Å². The van der Waals surface area contributed by atoms with E-state index < -0.39 is 18.9 Å². The number of amides is 2. The summed E-state index contributed by atoms with van der Waals surface area (Å²) in [4.78, 5) is 39.1. The Morgan fingerprint density at radius 1 is 1.20 bits per heavy atom. The van der Waals surface area contributed by atoms with E-state index in [2.05, 4.69) is 37.5 Å². The van der Waals surface area contributed by atoms with Crippen molar-refractivity contribution in [1.82, 2.24) is 29.6 Å². The maximum Gasteiger partial charge on any atom is 0.270 e. The van der Waals surface area contributed by atoms with Gasteiger partial charge in [0.25, 0.3) is 12.3 Å². The van der Waals surface area contributed by atoms with Gasteiger partial charge in [-0.25, -0.2) is 18.7 Å². The third-order valence-corrected chi connectivity index (χ3v) is 6.35. The molecule has 0 spiro atoms. The van der Waals surface area contributed by atoms with Gasteiger partial charge in [-0.1, -0.05) is 0 Å². The highest BCUT2D eigenvalue weighted by Crippen LogP contribution is 2.29. The largest absolute Gasteiger partial charge is 0.345 e. The van der Waals surface area contributed by atoms with Crippen LogP contribution in [-0.4, -0.2) is 69.2 Å². The molecular formula is C24H25F2N7O2. The number of aromatic amines is 1. The zero-order chi connectivity index (χ0) is 24.5. The fourth-order valence-corrected chi connectivity index (χ4v) is 4.38. The molecule has 0 radical (unpaired) electrons. The number of nitrogens with zero attached hydrogens (tertiary/aromatic N) is 4. The Morgan fingerprint density at radius 3 is 2.77 bits per heavy atom. The number of fused-ring (bicyclic) bond motifs is 2. The second kappa shape index (κ2) is 9.41. The van der Waals surface area contributed by atoms with Crippen molar-refractivity contribution < 1.29 is 18.4 Å². The minimum atomic E-state index is -2.63. The summed E-state index contributed by atoms with van der Waals surface area (Å²) in [5.74, 6) is -0.171. The molecule has 0 atom stereocenters. The molecule has 0 saturated carbocycles. The molecule has 35 heavy (non-hydrogen) atoms. The number of likely N-dealkylation sites (tertiary alicyclic amines) is 1. The number of hydrogen-bond acceptors (Lipinski definition) is 5. The Kier molecular flexibility index (Phi) is 6.16. The lowest BCUT2D eigenvalue weighted by Crippen LogP contribution is -2.36. The van der Waals surface area contributed by atoms with Crippen molar-refractivity contribution in [3.8, 4) is 11.1 Å². The summed E-state index contributed by atoms with van der Waals surface area (Å²) in [7, 11) is 2.06. The second-order valence-electron chi connectivity index (χ2n) is 8.75. The first kappa shape index (κ1) is 22.9. The number of alkyl halides is 2. The molecule has 4 aromatic heterocycles. The highest BCUT2D eigenvalue weighted by Gasteiger charge is 2.24. The van der Waals surface area contributed by atoms with Crippen molar-refractivity contribution in [2.75, 3.05) is 32.0 Å². The average molecular weight is 482 g/mol. The third-order valence-electron chi connectivity index (χ3n) is 6.35. The number of imidazole rings is 1. The van der Waals surface area contributed by atoms with Crippen LogP contribution in [0.4, 0.5) is 14.6 Å². The Morgan fingerprint density at radius 2 is 2.00 bits per heavy atom. The summed E-state index contributed by atoms with van der Waals surface area (Å²) in [5.41, 5.74) is 2.93. The summed E-state index contributed by atoms with van der Waals surface area (Å²) >= 11 is 0. The SMILES string of the molecule is CN1CCC(C(=O)Nc2ccc3c(-c4ccc5ncc(C(=O)NCC(F)F)n5c4)c[nH]c3n2)CC1. The van der Waals surface area contributed by atoms with E-state index in [1.807, 2.05) is 12.1 Å². The molecule has 0 aliphatic carbocycles. The number of hydrogen-bond donors (Lipinski definition) is 3. The Balaban J connectivity index is 1.38. The monoisotopic (exact) mass is 481 g/mol. The van der Waals surface area contributed by atoms with Crippen LogP contribution in [0.5, 0.6) is 0 Å². The molecular weight excluding hydrogens is 456 g/mol. The van der Waals surface area contributed by atoms with Crippen molar-refractivity contribution in [3.05, 3.63) is 48.5 Å². The Bertz CT molecular complexity index is 1390. The number of carbonyl (C=O) groups excluding carboxylic acids is 2. The minimum Gasteiger partial charge on any atom is -0.345 e. The molecule has 0 bridgehead atoms. The van der Waals surface area contributed by atoms with Gasteiger partial charge in [-0.2, -0.15) is 0 Å². The van der Waals surface area contributed by atoms with Gasteiger partial charge in [-0.05, 0) is 57.2 Å². The lowest BCUT2D eigenvalue weighted by Gasteiger charge is -2.27. The van der Waals surface area contributed by atoms with Crippen molar-refractivity contribution in [1.29, 1.82) is 0 Å². The summed E-state index contributed by atoms with van der Waals surface area (Å²) < 4.78 is 26.5. The van der Waals surface area contributed by atoms with E-state index in [0.717, 1.165) is 42.4 Å². The summed E-state index contributed by atoms with van der Waals surface area (Å²) in [6.07, 6.45) is 3.92. The average Bonchev–Trinajstić information content (AvgIpc) is 3.46. The Labute approximate surface area is 199 Å². The number of piperidine rings is 1. The van der Waals surface area contributed by atoms with Crippen LogP contribution in [0.2, 0.25) is 0 Å². The van der Waals surface area contributed by atoms with Crippen molar-refractivity contribution in [2.45, 2.75) is 19.3 Å². The maximum absolute atomic E-state index is 12.6. The van der Waals surface area contributed by atoms with Crippen LogP contribution in [0.25, 0.3) is 27.8 Å². The molecule has 3 N–H and O–H groups in total. The van der Waals surface area contributed by atoms with E-state index in [9.17, 15) is 18.4 Å². The van der Waals surface area contributed by atoms with Gasteiger partial charge in [-0.15, -0.1) is 0 Å². The van der Waals surface area contributed by atoms with E-state index in [4.69, 9.17) is 0 Å². The molecule has 4 aromatic rings. The molecule has 1 aliphatic heterocycles. The molecule has 5 rings (SSSR count). The molecule has 1 fully saturated rings. The number of pyridine rings is 2. The van der Waals surface area contributed by atoms with Gasteiger partial charge in [0.1, 0.15) is 22.8 Å². The smallest absolute Gasteiger partial charge is 0.270 e. The second-order valence-corrected chi connectivity index (χ2v) is 8.75. The summed E-state index contributed by atoms with van der Waals surface area (Å²) in [6.45, 7) is 1.08. The number of carbonyl (C=O) groups is 2. The molecule has 2 amide bonds. The van der Waals surface area contributed by atoms with E-state index in [-0.39, 0.29) is 17.5 Å². The summed E-state index contributed by atoms with van der Waals surface area (Å²) in [6, 6.07) is 7.27. The van der Waals surface area contributed by atoms with Gasteiger partial charge < -0.3 is 20.5 Å². The zero-order valence-corrected chi connectivity index (χ0v) is 19.1. The molecule has 0 aromatic carbocycles. The molecule has 1 aliphatic rings. The number of nitrogens with one attached hydrogen (secondary N) is 3. The summed E-state index contributed by atoms with van der Waals surface area (Å²) in [5, 5.41) is 5.97.